The van der Waals surface area contributed by atoms with Crippen molar-refractivity contribution in [3.05, 3.63) is 18.2 Å². The van der Waals surface area contributed by atoms with Crippen molar-refractivity contribution in [3.63, 3.8) is 0 Å². The lowest BCUT2D eigenvalue weighted by atomic mass is 10.1. The maximum atomic E-state index is 12.8. The number of carboxylic acids is 1. The van der Waals surface area contributed by atoms with Crippen LogP contribution in [-0.4, -0.2) is 40.0 Å². The van der Waals surface area contributed by atoms with Crippen LogP contribution >= 0.6 is 11.7 Å². The van der Waals surface area contributed by atoms with Crippen LogP contribution in [0.25, 0.3) is 11.0 Å². The molecule has 1 aliphatic rings. The highest BCUT2D eigenvalue weighted by molar-refractivity contribution is 7.89. The molecule has 9 heteroatoms. The summed E-state index contributed by atoms with van der Waals surface area (Å²) in [5.41, 5.74) is 0.772. The zero-order valence-corrected chi connectivity index (χ0v) is 12.6. The summed E-state index contributed by atoms with van der Waals surface area (Å²) in [6.07, 6.45) is 1.58. The molecule has 0 spiro atoms. The van der Waals surface area contributed by atoms with E-state index < -0.39 is 22.0 Å². The number of aliphatic carboxylic acids is 1. The number of carboxylic acid groups (broad SMARTS) is 1. The maximum absolute atomic E-state index is 12.8. The van der Waals surface area contributed by atoms with E-state index in [9.17, 15) is 18.3 Å². The third kappa shape index (κ3) is 2.41. The van der Waals surface area contributed by atoms with Gasteiger partial charge >= 0.3 is 0 Å². The summed E-state index contributed by atoms with van der Waals surface area (Å²) >= 11 is 0.925. The van der Waals surface area contributed by atoms with Crippen molar-refractivity contribution in [2.75, 3.05) is 6.54 Å². The van der Waals surface area contributed by atoms with Crippen molar-refractivity contribution in [1.82, 2.24) is 13.1 Å². The molecule has 0 radical (unpaired) electrons. The highest BCUT2D eigenvalue weighted by Gasteiger charge is 2.35. The molecule has 3 rings (SSSR count). The molecule has 21 heavy (non-hydrogen) atoms. The Labute approximate surface area is 125 Å². The largest absolute Gasteiger partial charge is 0.548 e. The van der Waals surface area contributed by atoms with E-state index in [0.29, 0.717) is 18.4 Å². The van der Waals surface area contributed by atoms with E-state index in [1.54, 1.807) is 12.1 Å². The van der Waals surface area contributed by atoms with Gasteiger partial charge in [-0.1, -0.05) is 12.5 Å². The first-order chi connectivity index (χ1) is 10.0. The topological polar surface area (TPSA) is 103 Å². The minimum atomic E-state index is -3.94. The molecular weight excluding hydrogens is 314 g/mol. The van der Waals surface area contributed by atoms with Crippen LogP contribution in [0.15, 0.2) is 23.1 Å². The van der Waals surface area contributed by atoms with Gasteiger partial charge in [0.25, 0.3) is 0 Å². The van der Waals surface area contributed by atoms with Crippen LogP contribution < -0.4 is 5.11 Å². The molecule has 0 aliphatic carbocycles. The molecule has 1 atom stereocenters. The molecule has 2 heterocycles. The molecule has 1 saturated heterocycles. The summed E-state index contributed by atoms with van der Waals surface area (Å²) in [6, 6.07) is 3.56. The average Bonchev–Trinajstić information content (AvgIpc) is 2.95. The van der Waals surface area contributed by atoms with E-state index in [2.05, 4.69) is 8.75 Å². The Morgan fingerprint density at radius 3 is 2.90 bits per heavy atom. The zero-order valence-electron chi connectivity index (χ0n) is 10.9. The number of nitrogens with zero attached hydrogens (tertiary/aromatic N) is 3. The average molecular weight is 326 g/mol. The molecule has 1 aromatic heterocycles. The summed E-state index contributed by atoms with van der Waals surface area (Å²) in [5, 5.41) is 11.2. The molecule has 0 amide bonds. The molecular formula is C12H12N3O4S2-. The van der Waals surface area contributed by atoms with Gasteiger partial charge in [-0.25, -0.2) is 8.42 Å². The second-order valence-corrected chi connectivity index (χ2v) is 7.22. The van der Waals surface area contributed by atoms with Crippen molar-refractivity contribution in [2.24, 2.45) is 0 Å². The van der Waals surface area contributed by atoms with Gasteiger partial charge < -0.3 is 9.90 Å². The van der Waals surface area contributed by atoms with Crippen molar-refractivity contribution < 1.29 is 18.3 Å². The molecule has 1 aliphatic heterocycles. The fraction of sp³-hybridized carbons (Fsp3) is 0.417. The monoisotopic (exact) mass is 326 g/mol. The molecule has 112 valence electrons. The molecule has 1 aromatic carbocycles. The van der Waals surface area contributed by atoms with E-state index in [1.165, 1.54) is 6.07 Å². The number of hydrogen-bond acceptors (Lipinski definition) is 7. The van der Waals surface area contributed by atoms with Crippen molar-refractivity contribution in [1.29, 1.82) is 0 Å². The first kappa shape index (κ1) is 14.4. The van der Waals surface area contributed by atoms with Crippen LogP contribution in [0.3, 0.4) is 0 Å². The summed E-state index contributed by atoms with van der Waals surface area (Å²) in [7, 11) is -3.94. The van der Waals surface area contributed by atoms with Crippen molar-refractivity contribution in [2.45, 2.75) is 30.2 Å². The number of rotatable bonds is 3. The SMILES string of the molecule is O=C([O-])[C@@H]1CCCCN1S(=O)(=O)c1cccc2nsnc12. The second kappa shape index (κ2) is 5.32. The smallest absolute Gasteiger partial charge is 0.245 e. The van der Waals surface area contributed by atoms with Gasteiger partial charge in [0.2, 0.25) is 10.0 Å². The Morgan fingerprint density at radius 1 is 1.33 bits per heavy atom. The van der Waals surface area contributed by atoms with Crippen LogP contribution in [0, 0.1) is 0 Å². The van der Waals surface area contributed by atoms with Crippen molar-refractivity contribution >= 4 is 38.8 Å². The minimum Gasteiger partial charge on any atom is -0.548 e. The van der Waals surface area contributed by atoms with Gasteiger partial charge in [-0.3, -0.25) is 0 Å². The number of carbonyl (C=O) groups is 1. The first-order valence-corrected chi connectivity index (χ1v) is 8.63. The second-order valence-electron chi connectivity index (χ2n) is 4.83. The van der Waals surface area contributed by atoms with Crippen LogP contribution in [0.5, 0.6) is 0 Å². The van der Waals surface area contributed by atoms with E-state index in [4.69, 9.17) is 0 Å². The fourth-order valence-electron chi connectivity index (χ4n) is 2.54. The Hall–Kier alpha value is -1.58. The molecule has 0 unspecified atom stereocenters. The predicted octanol–water partition coefficient (Wildman–Crippen LogP) is -0.0156. The van der Waals surface area contributed by atoms with Crippen LogP contribution in [0.4, 0.5) is 0 Å². The molecule has 2 aromatic rings. The minimum absolute atomic E-state index is 0.00176. The highest BCUT2D eigenvalue weighted by atomic mass is 32.2. The fourth-order valence-corrected chi connectivity index (χ4v) is 4.95. The number of carbonyl (C=O) groups excluding carboxylic acids is 1. The molecule has 0 saturated carbocycles. The van der Waals surface area contributed by atoms with Crippen LogP contribution in [0.1, 0.15) is 19.3 Å². The Morgan fingerprint density at radius 2 is 2.14 bits per heavy atom. The summed E-state index contributed by atoms with van der Waals surface area (Å²) in [5.74, 6) is -1.36. The lowest BCUT2D eigenvalue weighted by Gasteiger charge is -2.35. The van der Waals surface area contributed by atoms with Gasteiger partial charge in [0, 0.05) is 6.54 Å². The van der Waals surface area contributed by atoms with E-state index in [-0.39, 0.29) is 23.4 Å². The number of hydrogen-bond donors (Lipinski definition) is 0. The molecule has 1 fully saturated rings. The maximum Gasteiger partial charge on any atom is 0.245 e. The van der Waals surface area contributed by atoms with Gasteiger partial charge in [0.1, 0.15) is 15.9 Å². The lowest BCUT2D eigenvalue weighted by molar-refractivity contribution is -0.311. The quantitative estimate of drug-likeness (QED) is 0.785. The zero-order chi connectivity index (χ0) is 15.0. The predicted molar refractivity (Wildman–Crippen MR) is 74.0 cm³/mol. The Kier molecular flexibility index (Phi) is 3.64. The van der Waals surface area contributed by atoms with Gasteiger partial charge in [0.15, 0.2) is 0 Å². The van der Waals surface area contributed by atoms with Crippen LogP contribution in [-0.2, 0) is 14.8 Å². The third-order valence-corrected chi connectivity index (χ3v) is 6.04. The van der Waals surface area contributed by atoms with Gasteiger partial charge in [0.05, 0.1) is 23.7 Å². The molecule has 0 N–H and O–H groups in total. The highest BCUT2D eigenvalue weighted by Crippen LogP contribution is 2.29. The number of aromatic nitrogens is 2. The first-order valence-electron chi connectivity index (χ1n) is 6.46. The number of sulfonamides is 1. The molecule has 7 nitrogen and oxygen atoms in total. The number of piperidine rings is 1. The van der Waals surface area contributed by atoms with E-state index >= 15 is 0 Å². The van der Waals surface area contributed by atoms with Crippen molar-refractivity contribution in [3.8, 4) is 0 Å². The summed E-state index contributed by atoms with van der Waals surface area (Å²) < 4.78 is 34.6. The van der Waals surface area contributed by atoms with E-state index in [0.717, 1.165) is 16.0 Å². The summed E-state index contributed by atoms with van der Waals surface area (Å²) in [6.45, 7) is 0.176. The Balaban J connectivity index is 2.11. The van der Waals surface area contributed by atoms with Crippen LogP contribution in [0.2, 0.25) is 0 Å². The standard InChI is InChI=1S/C12H13N3O4S2/c16-12(17)9-5-1-2-7-15(9)21(18,19)10-6-3-4-8-11(10)14-20-13-8/h3-4,6,9H,1-2,5,7H2,(H,16,17)/p-1/t9-/m0/s1. The number of benzene rings is 1. The van der Waals surface area contributed by atoms with E-state index in [1.807, 2.05) is 0 Å². The third-order valence-electron chi connectivity index (χ3n) is 3.56. The normalized spacial score (nSPS) is 20.7. The van der Waals surface area contributed by atoms with Gasteiger partial charge in [-0.05, 0) is 25.0 Å². The Bertz CT molecular complexity index is 787. The van der Waals surface area contributed by atoms with Gasteiger partial charge in [-0.2, -0.15) is 13.1 Å². The molecule has 0 bridgehead atoms. The summed E-state index contributed by atoms with van der Waals surface area (Å²) in [4.78, 5) is 11.2. The van der Waals surface area contributed by atoms with Gasteiger partial charge in [-0.15, -0.1) is 0 Å². The lowest BCUT2D eigenvalue weighted by Crippen LogP contribution is -2.52. The number of fused-ring (bicyclic) bond motifs is 1.